The summed E-state index contributed by atoms with van der Waals surface area (Å²) in [5.74, 6) is 0.00265. The quantitative estimate of drug-likeness (QED) is 0.854. The van der Waals surface area contributed by atoms with E-state index in [9.17, 15) is 4.79 Å². The molecule has 118 valence electrons. The predicted octanol–water partition coefficient (Wildman–Crippen LogP) is 3.61. The van der Waals surface area contributed by atoms with Crippen LogP contribution < -0.4 is 10.6 Å². The lowest BCUT2D eigenvalue weighted by atomic mass is 9.84. The van der Waals surface area contributed by atoms with Gasteiger partial charge in [-0.05, 0) is 17.7 Å². The molecule has 2 aromatic rings. The van der Waals surface area contributed by atoms with Crippen LogP contribution in [0.15, 0.2) is 60.7 Å². The fourth-order valence-electron chi connectivity index (χ4n) is 2.11. The maximum absolute atomic E-state index is 11.9. The highest BCUT2D eigenvalue weighted by molar-refractivity contribution is 5.85. The molecule has 0 fully saturated rings. The van der Waals surface area contributed by atoms with Crippen LogP contribution in [0.3, 0.4) is 0 Å². The zero-order valence-electron chi connectivity index (χ0n) is 13.0. The molecule has 0 atom stereocenters. The molecule has 0 aromatic heterocycles. The fraction of sp³-hybridized carbons (Fsp3) is 0.278. The van der Waals surface area contributed by atoms with Gasteiger partial charge in [-0.2, -0.15) is 0 Å². The highest BCUT2D eigenvalue weighted by Crippen LogP contribution is 2.21. The molecule has 1 amide bonds. The number of para-hydroxylation sites is 1. The van der Waals surface area contributed by atoms with E-state index in [1.54, 1.807) is 0 Å². The molecule has 0 aliphatic heterocycles. The van der Waals surface area contributed by atoms with Crippen molar-refractivity contribution in [2.75, 3.05) is 18.4 Å². The van der Waals surface area contributed by atoms with Crippen molar-refractivity contribution in [1.29, 1.82) is 0 Å². The molecule has 4 heteroatoms. The Morgan fingerprint density at radius 3 is 2.09 bits per heavy atom. The van der Waals surface area contributed by atoms with Gasteiger partial charge >= 0.3 is 0 Å². The largest absolute Gasteiger partial charge is 0.376 e. The molecule has 0 heterocycles. The van der Waals surface area contributed by atoms with Crippen LogP contribution in [0.4, 0.5) is 5.69 Å². The molecular weight excluding hydrogens is 296 g/mol. The SMILES string of the molecule is CC(C)(CNC(=O)CNc1ccccc1)c1ccccc1.Cl. The molecule has 2 N–H and O–H groups in total. The van der Waals surface area contributed by atoms with E-state index in [0.29, 0.717) is 6.54 Å². The van der Waals surface area contributed by atoms with Crippen LogP contribution >= 0.6 is 12.4 Å². The Morgan fingerprint density at radius 2 is 1.50 bits per heavy atom. The summed E-state index contributed by atoms with van der Waals surface area (Å²) in [6.45, 7) is 5.17. The van der Waals surface area contributed by atoms with Gasteiger partial charge in [-0.1, -0.05) is 62.4 Å². The monoisotopic (exact) mass is 318 g/mol. The molecule has 2 rings (SSSR count). The van der Waals surface area contributed by atoms with Crippen LogP contribution in [0.1, 0.15) is 19.4 Å². The second kappa shape index (κ2) is 8.44. The van der Waals surface area contributed by atoms with Gasteiger partial charge in [0.05, 0.1) is 6.54 Å². The van der Waals surface area contributed by atoms with E-state index in [1.165, 1.54) is 5.56 Å². The lowest BCUT2D eigenvalue weighted by Crippen LogP contribution is -2.39. The summed E-state index contributed by atoms with van der Waals surface area (Å²) in [6, 6.07) is 20.0. The summed E-state index contributed by atoms with van der Waals surface area (Å²) >= 11 is 0. The minimum absolute atomic E-state index is 0. The zero-order chi connectivity index (χ0) is 15.1. The van der Waals surface area contributed by atoms with Crippen molar-refractivity contribution >= 4 is 24.0 Å². The van der Waals surface area contributed by atoms with Crippen LogP contribution in [0.2, 0.25) is 0 Å². The Labute approximate surface area is 138 Å². The molecular formula is C18H23ClN2O. The number of carbonyl (C=O) groups excluding carboxylic acids is 1. The van der Waals surface area contributed by atoms with Gasteiger partial charge in [0.25, 0.3) is 0 Å². The van der Waals surface area contributed by atoms with E-state index in [4.69, 9.17) is 0 Å². The minimum atomic E-state index is -0.0797. The number of anilines is 1. The molecule has 2 aromatic carbocycles. The van der Waals surface area contributed by atoms with Crippen LogP contribution in [0.5, 0.6) is 0 Å². The van der Waals surface area contributed by atoms with E-state index in [-0.39, 0.29) is 30.3 Å². The minimum Gasteiger partial charge on any atom is -0.376 e. The molecule has 0 radical (unpaired) electrons. The summed E-state index contributed by atoms with van der Waals surface area (Å²) in [5.41, 5.74) is 2.10. The second-order valence-corrected chi connectivity index (χ2v) is 5.75. The van der Waals surface area contributed by atoms with Crippen LogP contribution in [-0.2, 0) is 10.2 Å². The van der Waals surface area contributed by atoms with Crippen LogP contribution in [0, 0.1) is 0 Å². The molecule has 0 spiro atoms. The van der Waals surface area contributed by atoms with E-state index in [2.05, 4.69) is 36.6 Å². The van der Waals surface area contributed by atoms with Gasteiger partial charge < -0.3 is 10.6 Å². The lowest BCUT2D eigenvalue weighted by molar-refractivity contribution is -0.119. The predicted molar refractivity (Wildman–Crippen MR) is 94.7 cm³/mol. The Morgan fingerprint density at radius 1 is 0.955 bits per heavy atom. The number of hydrogen-bond donors (Lipinski definition) is 2. The normalized spacial score (nSPS) is 10.5. The van der Waals surface area contributed by atoms with Gasteiger partial charge in [-0.3, -0.25) is 4.79 Å². The lowest BCUT2D eigenvalue weighted by Gasteiger charge is -2.25. The van der Waals surface area contributed by atoms with Gasteiger partial charge in [0, 0.05) is 17.6 Å². The average molecular weight is 319 g/mol. The van der Waals surface area contributed by atoms with Crippen molar-refractivity contribution in [3.05, 3.63) is 66.2 Å². The topological polar surface area (TPSA) is 41.1 Å². The third kappa shape index (κ3) is 5.41. The summed E-state index contributed by atoms with van der Waals surface area (Å²) in [6.07, 6.45) is 0. The standard InChI is InChI=1S/C18H22N2O.ClH/c1-18(2,15-9-5-3-6-10-15)14-20-17(21)13-19-16-11-7-4-8-12-16;/h3-12,19H,13-14H2,1-2H3,(H,20,21);1H. The molecule has 0 aliphatic rings. The number of amides is 1. The number of carbonyl (C=O) groups is 1. The molecule has 0 bridgehead atoms. The average Bonchev–Trinajstić information content (AvgIpc) is 2.53. The molecule has 0 aliphatic carbocycles. The smallest absolute Gasteiger partial charge is 0.239 e. The number of rotatable bonds is 6. The number of benzene rings is 2. The third-order valence-corrected chi connectivity index (χ3v) is 3.51. The Balaban J connectivity index is 0.00000242. The third-order valence-electron chi connectivity index (χ3n) is 3.51. The molecule has 0 saturated carbocycles. The zero-order valence-corrected chi connectivity index (χ0v) is 13.8. The van der Waals surface area contributed by atoms with Crippen LogP contribution in [0.25, 0.3) is 0 Å². The van der Waals surface area contributed by atoms with Gasteiger partial charge in [0.1, 0.15) is 0 Å². The summed E-state index contributed by atoms with van der Waals surface area (Å²) in [5, 5.41) is 6.10. The first kappa shape index (κ1) is 18.1. The number of halogens is 1. The Hall–Kier alpha value is -2.00. The van der Waals surface area contributed by atoms with Crippen molar-refractivity contribution < 1.29 is 4.79 Å². The molecule has 0 unspecified atom stereocenters. The molecule has 22 heavy (non-hydrogen) atoms. The maximum Gasteiger partial charge on any atom is 0.239 e. The highest BCUT2D eigenvalue weighted by Gasteiger charge is 2.20. The van der Waals surface area contributed by atoms with Gasteiger partial charge in [0.15, 0.2) is 0 Å². The summed E-state index contributed by atoms with van der Waals surface area (Å²) in [7, 11) is 0. The van der Waals surface area contributed by atoms with E-state index in [1.807, 2.05) is 48.5 Å². The van der Waals surface area contributed by atoms with Crippen molar-refractivity contribution in [2.45, 2.75) is 19.3 Å². The number of hydrogen-bond acceptors (Lipinski definition) is 2. The first-order valence-corrected chi connectivity index (χ1v) is 7.19. The summed E-state index contributed by atoms with van der Waals surface area (Å²) in [4.78, 5) is 11.9. The van der Waals surface area contributed by atoms with Crippen molar-refractivity contribution in [2.24, 2.45) is 0 Å². The van der Waals surface area contributed by atoms with Crippen LogP contribution in [-0.4, -0.2) is 19.0 Å². The first-order chi connectivity index (χ1) is 10.1. The fourth-order valence-corrected chi connectivity index (χ4v) is 2.11. The van der Waals surface area contributed by atoms with Crippen molar-refractivity contribution in [3.8, 4) is 0 Å². The van der Waals surface area contributed by atoms with E-state index < -0.39 is 0 Å². The Bertz CT molecular complexity index is 570. The maximum atomic E-state index is 11.9. The number of nitrogens with one attached hydrogen (secondary N) is 2. The van der Waals surface area contributed by atoms with E-state index in [0.717, 1.165) is 5.69 Å². The highest BCUT2D eigenvalue weighted by atomic mass is 35.5. The van der Waals surface area contributed by atoms with Gasteiger partial charge in [0.2, 0.25) is 5.91 Å². The second-order valence-electron chi connectivity index (χ2n) is 5.75. The van der Waals surface area contributed by atoms with Crippen molar-refractivity contribution in [1.82, 2.24) is 5.32 Å². The first-order valence-electron chi connectivity index (χ1n) is 7.19. The van der Waals surface area contributed by atoms with Gasteiger partial charge in [-0.25, -0.2) is 0 Å². The summed E-state index contributed by atoms with van der Waals surface area (Å²) < 4.78 is 0. The molecule has 3 nitrogen and oxygen atoms in total. The Kier molecular flexibility index (Phi) is 6.93. The van der Waals surface area contributed by atoms with E-state index >= 15 is 0 Å². The van der Waals surface area contributed by atoms with Crippen molar-refractivity contribution in [3.63, 3.8) is 0 Å². The van der Waals surface area contributed by atoms with Gasteiger partial charge in [-0.15, -0.1) is 12.4 Å². The molecule has 0 saturated heterocycles.